The molecule has 17 heavy (non-hydrogen) atoms. The number of hydrogen-bond donors (Lipinski definition) is 1. The van der Waals surface area contributed by atoms with E-state index in [1.165, 1.54) is 0 Å². The van der Waals surface area contributed by atoms with Crippen molar-refractivity contribution in [2.75, 3.05) is 6.61 Å². The average Bonchev–Trinajstić information content (AvgIpc) is 2.54. The SMILES string of the molecule is C/C=C/CC[C@@H]1OC(C)(C)O[C@H]1CC#CCO. The van der Waals surface area contributed by atoms with Gasteiger partial charge in [0, 0.05) is 6.42 Å². The minimum atomic E-state index is -0.522. The molecule has 1 fully saturated rings. The first-order chi connectivity index (χ1) is 8.09. The minimum absolute atomic E-state index is 0.00862. The molecule has 0 radical (unpaired) electrons. The summed E-state index contributed by atoms with van der Waals surface area (Å²) in [5.41, 5.74) is 0. The van der Waals surface area contributed by atoms with E-state index in [0.29, 0.717) is 6.42 Å². The van der Waals surface area contributed by atoms with Gasteiger partial charge in [-0.25, -0.2) is 0 Å². The van der Waals surface area contributed by atoms with Gasteiger partial charge < -0.3 is 14.6 Å². The molecule has 2 atom stereocenters. The van der Waals surface area contributed by atoms with Crippen LogP contribution in [-0.2, 0) is 9.47 Å². The summed E-state index contributed by atoms with van der Waals surface area (Å²) in [5, 5.41) is 8.63. The smallest absolute Gasteiger partial charge is 0.163 e. The molecule has 0 unspecified atom stereocenters. The number of aliphatic hydroxyl groups is 1. The number of ether oxygens (including phenoxy) is 2. The van der Waals surface area contributed by atoms with E-state index in [2.05, 4.69) is 17.9 Å². The maximum absolute atomic E-state index is 8.63. The lowest BCUT2D eigenvalue weighted by molar-refractivity contribution is -0.146. The maximum Gasteiger partial charge on any atom is 0.163 e. The fraction of sp³-hybridized carbons (Fsp3) is 0.714. The molecule has 1 aliphatic rings. The highest BCUT2D eigenvalue weighted by molar-refractivity contribution is 5.02. The van der Waals surface area contributed by atoms with Crippen molar-refractivity contribution in [1.82, 2.24) is 0 Å². The minimum Gasteiger partial charge on any atom is -0.384 e. The van der Waals surface area contributed by atoms with Gasteiger partial charge in [-0.3, -0.25) is 0 Å². The van der Waals surface area contributed by atoms with Gasteiger partial charge in [0.05, 0.1) is 12.2 Å². The molecular weight excluding hydrogens is 216 g/mol. The van der Waals surface area contributed by atoms with E-state index in [4.69, 9.17) is 14.6 Å². The summed E-state index contributed by atoms with van der Waals surface area (Å²) in [6.45, 7) is 5.77. The lowest BCUT2D eigenvalue weighted by Crippen LogP contribution is -2.21. The Hall–Kier alpha value is -0.820. The zero-order chi connectivity index (χ0) is 12.7. The number of rotatable bonds is 4. The van der Waals surface area contributed by atoms with Crippen molar-refractivity contribution in [3.8, 4) is 11.8 Å². The van der Waals surface area contributed by atoms with E-state index in [1.54, 1.807) is 0 Å². The zero-order valence-corrected chi connectivity index (χ0v) is 10.9. The normalized spacial score (nSPS) is 27.1. The van der Waals surface area contributed by atoms with Crippen LogP contribution in [0.2, 0.25) is 0 Å². The molecule has 0 bridgehead atoms. The molecule has 96 valence electrons. The largest absolute Gasteiger partial charge is 0.384 e. The van der Waals surface area contributed by atoms with Crippen LogP contribution in [0.25, 0.3) is 0 Å². The Morgan fingerprint density at radius 2 is 1.94 bits per heavy atom. The molecular formula is C14H22O3. The fourth-order valence-electron chi connectivity index (χ4n) is 1.98. The van der Waals surface area contributed by atoms with Gasteiger partial charge in [-0.2, -0.15) is 0 Å². The van der Waals surface area contributed by atoms with Crippen molar-refractivity contribution in [3.63, 3.8) is 0 Å². The van der Waals surface area contributed by atoms with Crippen LogP contribution in [0, 0.1) is 11.8 Å². The average molecular weight is 238 g/mol. The fourth-order valence-corrected chi connectivity index (χ4v) is 1.98. The standard InChI is InChI=1S/C14H22O3/c1-4-5-6-9-12-13(10-7-8-11-15)17-14(2,3)16-12/h4-5,12-13,15H,6,9-11H2,1-3H3/b5-4+/t12-,13-/m0/s1. The second-order valence-corrected chi connectivity index (χ2v) is 4.57. The van der Waals surface area contributed by atoms with E-state index in [9.17, 15) is 0 Å². The van der Waals surface area contributed by atoms with Crippen molar-refractivity contribution in [1.29, 1.82) is 0 Å². The first-order valence-corrected chi connectivity index (χ1v) is 6.12. The van der Waals surface area contributed by atoms with Crippen molar-refractivity contribution in [2.45, 2.75) is 58.0 Å². The van der Waals surface area contributed by atoms with Gasteiger partial charge in [-0.15, -0.1) is 0 Å². The Labute approximate surface area is 104 Å². The van der Waals surface area contributed by atoms with Crippen molar-refractivity contribution in [2.24, 2.45) is 0 Å². The highest BCUT2D eigenvalue weighted by atomic mass is 16.7. The monoisotopic (exact) mass is 238 g/mol. The Kier molecular flexibility index (Phi) is 5.70. The molecule has 0 aliphatic carbocycles. The third kappa shape index (κ3) is 4.91. The molecule has 0 saturated carbocycles. The second-order valence-electron chi connectivity index (χ2n) is 4.57. The molecule has 3 heteroatoms. The molecule has 0 aromatic rings. The van der Waals surface area contributed by atoms with Crippen LogP contribution in [-0.4, -0.2) is 29.7 Å². The maximum atomic E-state index is 8.63. The van der Waals surface area contributed by atoms with E-state index in [0.717, 1.165) is 12.8 Å². The van der Waals surface area contributed by atoms with Gasteiger partial charge in [0.25, 0.3) is 0 Å². The summed E-state index contributed by atoms with van der Waals surface area (Å²) >= 11 is 0. The topological polar surface area (TPSA) is 38.7 Å². The van der Waals surface area contributed by atoms with Crippen molar-refractivity contribution >= 4 is 0 Å². The third-order valence-corrected chi connectivity index (χ3v) is 2.65. The van der Waals surface area contributed by atoms with Gasteiger partial charge in [0.2, 0.25) is 0 Å². The third-order valence-electron chi connectivity index (χ3n) is 2.65. The molecule has 0 spiro atoms. The lowest BCUT2D eigenvalue weighted by Gasteiger charge is -2.16. The van der Waals surface area contributed by atoms with Crippen LogP contribution >= 0.6 is 0 Å². The molecule has 3 nitrogen and oxygen atoms in total. The molecule has 1 N–H and O–H groups in total. The molecule has 0 aromatic heterocycles. The van der Waals surface area contributed by atoms with Gasteiger partial charge in [-0.05, 0) is 33.6 Å². The number of allylic oxidation sites excluding steroid dienone is 2. The summed E-state index contributed by atoms with van der Waals surface area (Å²) in [4.78, 5) is 0. The Morgan fingerprint density at radius 3 is 2.59 bits per heavy atom. The van der Waals surface area contributed by atoms with E-state index in [1.807, 2.05) is 26.8 Å². The summed E-state index contributed by atoms with van der Waals surface area (Å²) < 4.78 is 11.7. The van der Waals surface area contributed by atoms with Gasteiger partial charge >= 0.3 is 0 Å². The van der Waals surface area contributed by atoms with E-state index < -0.39 is 5.79 Å². The molecule has 1 heterocycles. The molecule has 1 rings (SSSR count). The summed E-state index contributed by atoms with van der Waals surface area (Å²) in [6, 6.07) is 0. The predicted molar refractivity (Wildman–Crippen MR) is 67.4 cm³/mol. The Morgan fingerprint density at radius 1 is 1.24 bits per heavy atom. The first-order valence-electron chi connectivity index (χ1n) is 6.12. The van der Waals surface area contributed by atoms with Crippen molar-refractivity contribution in [3.05, 3.63) is 12.2 Å². The summed E-state index contributed by atoms with van der Waals surface area (Å²) in [7, 11) is 0. The second kappa shape index (κ2) is 6.80. The molecule has 0 amide bonds. The summed E-state index contributed by atoms with van der Waals surface area (Å²) in [6.07, 6.45) is 6.82. The van der Waals surface area contributed by atoms with E-state index >= 15 is 0 Å². The van der Waals surface area contributed by atoms with Crippen LogP contribution in [0.15, 0.2) is 12.2 Å². The van der Waals surface area contributed by atoms with Crippen molar-refractivity contribution < 1.29 is 14.6 Å². The Bertz CT molecular complexity index is 309. The highest BCUT2D eigenvalue weighted by Crippen LogP contribution is 2.32. The van der Waals surface area contributed by atoms with Crippen LogP contribution in [0.1, 0.15) is 40.0 Å². The van der Waals surface area contributed by atoms with E-state index in [-0.39, 0.29) is 18.8 Å². The van der Waals surface area contributed by atoms with Crippen LogP contribution < -0.4 is 0 Å². The van der Waals surface area contributed by atoms with Crippen LogP contribution in [0.5, 0.6) is 0 Å². The lowest BCUT2D eigenvalue weighted by atomic mass is 10.1. The predicted octanol–water partition coefficient (Wildman–Crippen LogP) is 2.25. The van der Waals surface area contributed by atoms with Gasteiger partial charge in [-0.1, -0.05) is 24.0 Å². The molecule has 1 aliphatic heterocycles. The quantitative estimate of drug-likeness (QED) is 0.603. The zero-order valence-electron chi connectivity index (χ0n) is 10.9. The van der Waals surface area contributed by atoms with Crippen LogP contribution in [0.3, 0.4) is 0 Å². The molecule has 1 saturated heterocycles. The molecule has 0 aromatic carbocycles. The number of hydrogen-bond acceptors (Lipinski definition) is 3. The highest BCUT2D eigenvalue weighted by Gasteiger charge is 2.40. The van der Waals surface area contributed by atoms with Gasteiger partial charge in [0.15, 0.2) is 5.79 Å². The number of aliphatic hydroxyl groups excluding tert-OH is 1. The first kappa shape index (κ1) is 14.2. The van der Waals surface area contributed by atoms with Gasteiger partial charge in [0.1, 0.15) is 6.61 Å². The van der Waals surface area contributed by atoms with Crippen LogP contribution in [0.4, 0.5) is 0 Å². The summed E-state index contributed by atoms with van der Waals surface area (Å²) in [5.74, 6) is 5.04. The Balaban J connectivity index is 2.51.